The molecule has 0 unspecified atom stereocenters. The number of aliphatic imine (C=N–C) groups is 1. The number of benzene rings is 2. The highest BCUT2D eigenvalue weighted by atomic mass is 35.5. The Kier molecular flexibility index (Phi) is 5.51. The van der Waals surface area contributed by atoms with E-state index >= 15 is 0 Å². The fraction of sp³-hybridized carbons (Fsp3) is 0.143. The number of rotatable bonds is 4. The zero-order valence-electron chi connectivity index (χ0n) is 15.3. The number of fused-ring (bicyclic) bond motifs is 1. The van der Waals surface area contributed by atoms with Crippen LogP contribution in [0.5, 0.6) is 11.5 Å². The van der Waals surface area contributed by atoms with E-state index in [1.54, 1.807) is 49.4 Å². The fourth-order valence-electron chi connectivity index (χ4n) is 2.81. The standard InChI is InChI=1S/C21H16ClNO5S/c1-2-26-21(25)18-19(24)17(9-12-6-7-15-16(8-12)28-11-27-15)29-20(18)23-14-5-3-4-13(22)10-14/h3-10,24H,2,11H2,1H3/b17-9+,23-20?. The molecule has 0 bridgehead atoms. The lowest BCUT2D eigenvalue weighted by Gasteiger charge is -2.04. The molecule has 0 saturated heterocycles. The van der Waals surface area contributed by atoms with E-state index in [0.717, 1.165) is 5.56 Å². The van der Waals surface area contributed by atoms with E-state index in [0.29, 0.717) is 32.2 Å². The van der Waals surface area contributed by atoms with Crippen LogP contribution in [0.3, 0.4) is 0 Å². The van der Waals surface area contributed by atoms with Crippen molar-refractivity contribution in [1.82, 2.24) is 0 Å². The summed E-state index contributed by atoms with van der Waals surface area (Å²) in [6.45, 7) is 2.07. The molecule has 29 heavy (non-hydrogen) atoms. The van der Waals surface area contributed by atoms with Gasteiger partial charge in [-0.15, -0.1) is 0 Å². The predicted molar refractivity (Wildman–Crippen MR) is 113 cm³/mol. The third-order valence-electron chi connectivity index (χ3n) is 4.10. The molecule has 4 rings (SSSR count). The molecule has 1 N–H and O–H groups in total. The maximum Gasteiger partial charge on any atom is 0.344 e. The van der Waals surface area contributed by atoms with Crippen LogP contribution in [0.15, 0.2) is 63.7 Å². The number of carbonyl (C=O) groups excluding carboxylic acids is 1. The molecule has 8 heteroatoms. The van der Waals surface area contributed by atoms with E-state index in [-0.39, 0.29) is 24.7 Å². The summed E-state index contributed by atoms with van der Waals surface area (Å²) < 4.78 is 15.8. The van der Waals surface area contributed by atoms with E-state index in [9.17, 15) is 9.90 Å². The summed E-state index contributed by atoms with van der Waals surface area (Å²) >= 11 is 7.21. The summed E-state index contributed by atoms with van der Waals surface area (Å²) in [4.78, 5) is 17.4. The molecule has 0 radical (unpaired) electrons. The summed E-state index contributed by atoms with van der Waals surface area (Å²) in [5, 5.41) is 11.6. The Labute approximate surface area is 176 Å². The Hall–Kier alpha value is -2.90. The summed E-state index contributed by atoms with van der Waals surface area (Å²) in [5.74, 6) is 0.491. The van der Waals surface area contributed by atoms with E-state index in [4.69, 9.17) is 25.8 Å². The van der Waals surface area contributed by atoms with Crippen LogP contribution in [0.25, 0.3) is 6.08 Å². The second-order valence-electron chi connectivity index (χ2n) is 6.06. The van der Waals surface area contributed by atoms with Gasteiger partial charge in [0.2, 0.25) is 6.79 Å². The maximum absolute atomic E-state index is 12.5. The third-order valence-corrected chi connectivity index (χ3v) is 5.36. The highest BCUT2D eigenvalue weighted by Gasteiger charge is 2.33. The monoisotopic (exact) mass is 429 g/mol. The Bertz CT molecular complexity index is 1080. The molecule has 148 valence electrons. The van der Waals surface area contributed by atoms with Crippen LogP contribution in [0.2, 0.25) is 5.02 Å². The number of hydrogen-bond donors (Lipinski definition) is 1. The van der Waals surface area contributed by atoms with Crippen molar-refractivity contribution in [3.63, 3.8) is 0 Å². The van der Waals surface area contributed by atoms with E-state index in [1.165, 1.54) is 11.8 Å². The summed E-state index contributed by atoms with van der Waals surface area (Å²) in [5.41, 5.74) is 1.39. The molecular formula is C21H16ClNO5S. The van der Waals surface area contributed by atoms with Crippen LogP contribution < -0.4 is 9.47 Å². The SMILES string of the molecule is CCOC(=O)C1=C(O)/C(=C\c2ccc3c(c2)OCO3)SC1=Nc1cccc(Cl)c1. The molecule has 2 heterocycles. The predicted octanol–water partition coefficient (Wildman–Crippen LogP) is 5.26. The molecule has 0 saturated carbocycles. The number of carbonyl (C=O) groups is 1. The van der Waals surface area contributed by atoms with Gasteiger partial charge in [0.1, 0.15) is 16.4 Å². The van der Waals surface area contributed by atoms with Crippen LogP contribution in [-0.4, -0.2) is 29.5 Å². The van der Waals surface area contributed by atoms with Crippen molar-refractivity contribution in [3.8, 4) is 11.5 Å². The lowest BCUT2D eigenvalue weighted by atomic mass is 10.1. The summed E-state index contributed by atoms with van der Waals surface area (Å²) in [6, 6.07) is 12.4. The van der Waals surface area contributed by atoms with Crippen molar-refractivity contribution in [2.24, 2.45) is 4.99 Å². The Balaban J connectivity index is 1.73. The quantitative estimate of drug-likeness (QED) is 0.668. The second kappa shape index (κ2) is 8.23. The minimum atomic E-state index is -0.632. The highest BCUT2D eigenvalue weighted by Crippen LogP contribution is 2.41. The van der Waals surface area contributed by atoms with Crippen molar-refractivity contribution in [3.05, 3.63) is 69.3 Å². The second-order valence-corrected chi connectivity index (χ2v) is 7.53. The van der Waals surface area contributed by atoms with Crippen molar-refractivity contribution in [1.29, 1.82) is 0 Å². The topological polar surface area (TPSA) is 77.4 Å². The number of nitrogens with zero attached hydrogens (tertiary/aromatic N) is 1. The summed E-state index contributed by atoms with van der Waals surface area (Å²) in [6.07, 6.45) is 1.75. The molecule has 0 atom stereocenters. The average Bonchev–Trinajstić information content (AvgIpc) is 3.26. The first-order valence-corrected chi connectivity index (χ1v) is 9.99. The molecule has 0 spiro atoms. The highest BCUT2D eigenvalue weighted by molar-refractivity contribution is 8.18. The number of hydrogen-bond acceptors (Lipinski definition) is 7. The normalized spacial score (nSPS) is 18.0. The van der Waals surface area contributed by atoms with Crippen molar-refractivity contribution >= 4 is 46.1 Å². The molecule has 0 amide bonds. The number of aliphatic hydroxyl groups is 1. The molecular weight excluding hydrogens is 414 g/mol. The van der Waals surface area contributed by atoms with Gasteiger partial charge in [0, 0.05) is 5.02 Å². The molecule has 2 aromatic carbocycles. The number of ether oxygens (including phenoxy) is 3. The van der Waals surface area contributed by atoms with Gasteiger partial charge < -0.3 is 19.3 Å². The van der Waals surface area contributed by atoms with Crippen LogP contribution in [0.4, 0.5) is 5.69 Å². The number of halogens is 1. The third kappa shape index (κ3) is 4.11. The van der Waals surface area contributed by atoms with Gasteiger partial charge in [0.15, 0.2) is 11.5 Å². The van der Waals surface area contributed by atoms with Gasteiger partial charge in [0.05, 0.1) is 17.2 Å². The average molecular weight is 430 g/mol. The van der Waals surface area contributed by atoms with Gasteiger partial charge >= 0.3 is 5.97 Å². The summed E-state index contributed by atoms with van der Waals surface area (Å²) in [7, 11) is 0. The number of aliphatic hydroxyl groups excluding tert-OH is 1. The number of thioether (sulfide) groups is 1. The van der Waals surface area contributed by atoms with Crippen molar-refractivity contribution in [2.75, 3.05) is 13.4 Å². The molecule has 2 aromatic rings. The van der Waals surface area contributed by atoms with Gasteiger partial charge in [-0.3, -0.25) is 0 Å². The van der Waals surface area contributed by atoms with E-state index in [1.807, 2.05) is 6.07 Å². The minimum absolute atomic E-state index is 0.0313. The van der Waals surface area contributed by atoms with E-state index in [2.05, 4.69) is 4.99 Å². The Morgan fingerprint density at radius 1 is 1.28 bits per heavy atom. The van der Waals surface area contributed by atoms with Gasteiger partial charge in [0.25, 0.3) is 0 Å². The molecule has 0 aromatic heterocycles. The van der Waals surface area contributed by atoms with Crippen LogP contribution in [0, 0.1) is 0 Å². The Morgan fingerprint density at radius 3 is 2.90 bits per heavy atom. The van der Waals surface area contributed by atoms with E-state index < -0.39 is 5.97 Å². The van der Waals surface area contributed by atoms with Gasteiger partial charge in [-0.2, -0.15) is 0 Å². The van der Waals surface area contributed by atoms with Crippen molar-refractivity contribution < 1.29 is 24.1 Å². The van der Waals surface area contributed by atoms with Crippen LogP contribution in [0.1, 0.15) is 12.5 Å². The number of esters is 1. The smallest absolute Gasteiger partial charge is 0.344 e. The zero-order valence-corrected chi connectivity index (χ0v) is 16.9. The van der Waals surface area contributed by atoms with Crippen LogP contribution >= 0.6 is 23.4 Å². The van der Waals surface area contributed by atoms with Gasteiger partial charge in [-0.25, -0.2) is 9.79 Å². The lowest BCUT2D eigenvalue weighted by Crippen LogP contribution is -2.12. The minimum Gasteiger partial charge on any atom is -0.506 e. The maximum atomic E-state index is 12.5. The fourth-order valence-corrected chi connectivity index (χ4v) is 4.03. The molecule has 0 aliphatic carbocycles. The molecule has 2 aliphatic rings. The first-order valence-electron chi connectivity index (χ1n) is 8.79. The van der Waals surface area contributed by atoms with Gasteiger partial charge in [-0.1, -0.05) is 35.5 Å². The van der Waals surface area contributed by atoms with Crippen molar-refractivity contribution in [2.45, 2.75) is 6.92 Å². The molecule has 6 nitrogen and oxygen atoms in total. The molecule has 2 aliphatic heterocycles. The van der Waals surface area contributed by atoms with Crippen LogP contribution in [-0.2, 0) is 9.53 Å². The Morgan fingerprint density at radius 2 is 2.10 bits per heavy atom. The largest absolute Gasteiger partial charge is 0.506 e. The zero-order chi connectivity index (χ0) is 20.4. The first-order chi connectivity index (χ1) is 14.0. The lowest BCUT2D eigenvalue weighted by molar-refractivity contribution is -0.138. The molecule has 0 fully saturated rings. The first kappa shape index (κ1) is 19.4. The van der Waals surface area contributed by atoms with Gasteiger partial charge in [-0.05, 0) is 48.9 Å².